The van der Waals surface area contributed by atoms with Gasteiger partial charge in [0.25, 0.3) is 0 Å². The fourth-order valence-corrected chi connectivity index (χ4v) is 5.12. The van der Waals surface area contributed by atoms with E-state index in [2.05, 4.69) is 17.1 Å². The van der Waals surface area contributed by atoms with E-state index in [1.54, 1.807) is 11.1 Å². The van der Waals surface area contributed by atoms with Gasteiger partial charge in [0.15, 0.2) is 6.61 Å². The Morgan fingerprint density at radius 1 is 0.889 bits per heavy atom. The minimum absolute atomic E-state index is 0.0175. The molecule has 0 unspecified atom stereocenters. The van der Waals surface area contributed by atoms with Gasteiger partial charge in [-0.2, -0.15) is 0 Å². The lowest BCUT2D eigenvalue weighted by atomic mass is 9.72. The number of benzene rings is 3. The number of hydrogen-bond acceptors (Lipinski definition) is 4. The Labute approximate surface area is 211 Å². The van der Waals surface area contributed by atoms with Gasteiger partial charge in [0.05, 0.1) is 0 Å². The van der Waals surface area contributed by atoms with Crippen molar-refractivity contribution in [2.45, 2.75) is 31.6 Å². The molecule has 1 aliphatic heterocycles. The average molecular weight is 482 g/mol. The summed E-state index contributed by atoms with van der Waals surface area (Å²) in [6.07, 6.45) is 4.64. The highest BCUT2D eigenvalue weighted by molar-refractivity contribution is 5.67. The van der Waals surface area contributed by atoms with Crippen LogP contribution in [0.3, 0.4) is 0 Å². The zero-order chi connectivity index (χ0) is 24.8. The summed E-state index contributed by atoms with van der Waals surface area (Å²) in [5.74, 6) is 0.695. The van der Waals surface area contributed by atoms with Crippen molar-refractivity contribution in [3.8, 4) is 0 Å². The second kappa shape index (κ2) is 10.8. The highest BCUT2D eigenvalue weighted by Gasteiger charge is 2.42. The Morgan fingerprint density at radius 2 is 1.44 bits per heavy atom. The molecule has 0 aliphatic carbocycles. The number of rotatable bonds is 7. The third-order valence-corrected chi connectivity index (χ3v) is 7.09. The summed E-state index contributed by atoms with van der Waals surface area (Å²) in [6, 6.07) is 29.8. The Bertz CT molecular complexity index is 1210. The van der Waals surface area contributed by atoms with E-state index in [0.717, 1.165) is 16.7 Å². The number of hydrogen-bond donors (Lipinski definition) is 1. The number of piperidine rings is 1. The van der Waals surface area contributed by atoms with E-state index in [-0.39, 0.29) is 18.6 Å². The normalized spacial score (nSPS) is 14.5. The van der Waals surface area contributed by atoms with E-state index in [4.69, 9.17) is 4.74 Å². The first-order chi connectivity index (χ1) is 17.6. The van der Waals surface area contributed by atoms with Crippen LogP contribution in [-0.4, -0.2) is 38.7 Å². The molecular weight excluding hydrogens is 450 g/mol. The van der Waals surface area contributed by atoms with Gasteiger partial charge in [-0.25, -0.2) is 9.78 Å². The van der Waals surface area contributed by atoms with Gasteiger partial charge in [-0.05, 0) is 35.4 Å². The van der Waals surface area contributed by atoms with Crippen LogP contribution >= 0.6 is 0 Å². The molecule has 4 aromatic rings. The smallest absolute Gasteiger partial charge is 0.410 e. The van der Waals surface area contributed by atoms with Crippen LogP contribution in [0, 0.1) is 5.92 Å². The minimum atomic E-state index is -1.11. The minimum Gasteiger partial charge on any atom is -0.441 e. The number of carbonyl (C=O) groups excluding carboxylic acids is 1. The SMILES string of the molecule is O=C(OCc1nccn1Cc1ccccc1)N1CCC(C(O)(c2ccccc2)c2ccccc2)CC1. The highest BCUT2D eigenvalue weighted by atomic mass is 16.6. The van der Waals surface area contributed by atoms with E-state index < -0.39 is 5.60 Å². The number of likely N-dealkylation sites (tertiary alicyclic amines) is 1. The van der Waals surface area contributed by atoms with Gasteiger partial charge in [-0.3, -0.25) is 0 Å². The van der Waals surface area contributed by atoms with Crippen LogP contribution in [-0.2, 0) is 23.5 Å². The van der Waals surface area contributed by atoms with Crippen molar-refractivity contribution >= 4 is 6.09 Å². The molecule has 184 valence electrons. The lowest BCUT2D eigenvalue weighted by Gasteiger charge is -2.42. The van der Waals surface area contributed by atoms with Gasteiger partial charge in [0, 0.05) is 32.0 Å². The lowest BCUT2D eigenvalue weighted by molar-refractivity contribution is -0.0151. The zero-order valence-corrected chi connectivity index (χ0v) is 20.2. The second-order valence-corrected chi connectivity index (χ2v) is 9.27. The Morgan fingerprint density at radius 3 is 2.03 bits per heavy atom. The molecule has 3 aromatic carbocycles. The van der Waals surface area contributed by atoms with Gasteiger partial charge in [-0.1, -0.05) is 91.0 Å². The quantitative estimate of drug-likeness (QED) is 0.393. The summed E-state index contributed by atoms with van der Waals surface area (Å²) < 4.78 is 7.63. The van der Waals surface area contributed by atoms with Gasteiger partial charge in [-0.15, -0.1) is 0 Å². The van der Waals surface area contributed by atoms with Gasteiger partial charge < -0.3 is 19.3 Å². The van der Waals surface area contributed by atoms with E-state index in [9.17, 15) is 9.90 Å². The van der Waals surface area contributed by atoms with E-state index in [1.807, 2.05) is 89.6 Å². The number of amides is 1. The molecule has 0 radical (unpaired) electrons. The summed E-state index contributed by atoms with van der Waals surface area (Å²) in [4.78, 5) is 19.0. The molecule has 0 bridgehead atoms. The third kappa shape index (κ3) is 5.04. The molecule has 1 saturated heterocycles. The molecule has 5 rings (SSSR count). The number of nitrogens with zero attached hydrogens (tertiary/aromatic N) is 3. The summed E-state index contributed by atoms with van der Waals surface area (Å²) in [5, 5.41) is 12.0. The van der Waals surface area contributed by atoms with Crippen molar-refractivity contribution in [3.63, 3.8) is 0 Å². The van der Waals surface area contributed by atoms with Crippen molar-refractivity contribution in [1.82, 2.24) is 14.5 Å². The molecule has 1 amide bonds. The van der Waals surface area contributed by atoms with Crippen molar-refractivity contribution in [3.05, 3.63) is 126 Å². The maximum Gasteiger partial charge on any atom is 0.410 e. The molecule has 6 heteroatoms. The van der Waals surface area contributed by atoms with Crippen molar-refractivity contribution in [2.24, 2.45) is 5.92 Å². The Kier molecular flexibility index (Phi) is 7.14. The van der Waals surface area contributed by atoms with Crippen molar-refractivity contribution in [1.29, 1.82) is 0 Å². The van der Waals surface area contributed by atoms with E-state index in [1.165, 1.54) is 0 Å². The largest absolute Gasteiger partial charge is 0.441 e. The highest BCUT2D eigenvalue weighted by Crippen LogP contribution is 2.41. The van der Waals surface area contributed by atoms with Crippen LogP contribution in [0.25, 0.3) is 0 Å². The second-order valence-electron chi connectivity index (χ2n) is 9.27. The molecule has 1 fully saturated rings. The maximum absolute atomic E-state index is 12.9. The molecular formula is C30H31N3O3. The van der Waals surface area contributed by atoms with Crippen molar-refractivity contribution in [2.75, 3.05) is 13.1 Å². The topological polar surface area (TPSA) is 67.6 Å². The van der Waals surface area contributed by atoms with Gasteiger partial charge in [0.1, 0.15) is 11.4 Å². The summed E-state index contributed by atoms with van der Waals surface area (Å²) in [7, 11) is 0. The maximum atomic E-state index is 12.9. The monoisotopic (exact) mass is 481 g/mol. The number of aliphatic hydroxyl groups is 1. The van der Waals surface area contributed by atoms with Gasteiger partial charge in [0.2, 0.25) is 0 Å². The number of ether oxygens (including phenoxy) is 1. The fraction of sp³-hybridized carbons (Fsp3) is 0.267. The van der Waals surface area contributed by atoms with Crippen LogP contribution in [0.15, 0.2) is 103 Å². The summed E-state index contributed by atoms with van der Waals surface area (Å²) >= 11 is 0. The number of carbonyl (C=O) groups is 1. The summed E-state index contributed by atoms with van der Waals surface area (Å²) in [5.41, 5.74) is 1.81. The number of imidazole rings is 1. The number of aromatic nitrogens is 2. The first kappa shape index (κ1) is 23.8. The van der Waals surface area contributed by atoms with E-state index >= 15 is 0 Å². The zero-order valence-electron chi connectivity index (χ0n) is 20.2. The Balaban J connectivity index is 1.21. The predicted octanol–water partition coefficient (Wildman–Crippen LogP) is 5.22. The molecule has 1 aromatic heterocycles. The molecule has 1 N–H and O–H groups in total. The molecule has 0 spiro atoms. The molecule has 0 saturated carbocycles. The standard InChI is InChI=1S/C30H31N3O3/c34-29(36-23-28-31-18-21-33(28)22-24-10-4-1-5-11-24)32-19-16-27(17-20-32)30(35,25-12-6-2-7-13-25)26-14-8-3-9-15-26/h1-15,18,21,27,35H,16-17,19-20,22-23H2. The molecule has 6 nitrogen and oxygen atoms in total. The lowest BCUT2D eigenvalue weighted by Crippen LogP contribution is -2.46. The molecule has 0 atom stereocenters. The predicted molar refractivity (Wildman–Crippen MR) is 138 cm³/mol. The molecule has 2 heterocycles. The molecule has 36 heavy (non-hydrogen) atoms. The first-order valence-corrected chi connectivity index (χ1v) is 12.4. The third-order valence-electron chi connectivity index (χ3n) is 7.09. The Hall–Kier alpha value is -3.90. The van der Waals surface area contributed by atoms with Crippen LogP contribution in [0.2, 0.25) is 0 Å². The summed E-state index contributed by atoms with van der Waals surface area (Å²) in [6.45, 7) is 1.86. The van der Waals surface area contributed by atoms with Crippen LogP contribution in [0.1, 0.15) is 35.4 Å². The van der Waals surface area contributed by atoms with Crippen LogP contribution in [0.5, 0.6) is 0 Å². The van der Waals surface area contributed by atoms with E-state index in [0.29, 0.717) is 38.3 Å². The average Bonchev–Trinajstić information content (AvgIpc) is 3.39. The van der Waals surface area contributed by atoms with Gasteiger partial charge >= 0.3 is 6.09 Å². The molecule has 1 aliphatic rings. The first-order valence-electron chi connectivity index (χ1n) is 12.4. The fourth-order valence-electron chi connectivity index (χ4n) is 5.12. The van der Waals surface area contributed by atoms with Crippen LogP contribution < -0.4 is 0 Å². The van der Waals surface area contributed by atoms with Crippen molar-refractivity contribution < 1.29 is 14.6 Å². The van der Waals surface area contributed by atoms with Crippen LogP contribution in [0.4, 0.5) is 4.79 Å².